The summed E-state index contributed by atoms with van der Waals surface area (Å²) in [6, 6.07) is 0. The topological polar surface area (TPSA) is 0 Å². The van der Waals surface area contributed by atoms with Crippen molar-refractivity contribution in [2.75, 3.05) is 12.3 Å². The van der Waals surface area contributed by atoms with E-state index in [9.17, 15) is 0 Å². The lowest BCUT2D eigenvalue weighted by molar-refractivity contribution is 0.773. The zero-order chi connectivity index (χ0) is 11.2. The Bertz CT molecular complexity index is 129. The molecule has 0 saturated heterocycles. The summed E-state index contributed by atoms with van der Waals surface area (Å²) in [7, 11) is 1.23. The van der Waals surface area contributed by atoms with E-state index < -0.39 is 0 Å². The summed E-state index contributed by atoms with van der Waals surface area (Å²) in [5, 5.41) is 0. The van der Waals surface area contributed by atoms with Crippen molar-refractivity contribution in [3.05, 3.63) is 12.2 Å². The number of unbranched alkanes of at least 4 members (excludes halogenated alkanes) is 5. The molecule has 0 N–H and O–H groups in total. The predicted octanol–water partition coefficient (Wildman–Crippen LogP) is 5.38. The van der Waals surface area contributed by atoms with Crippen molar-refractivity contribution in [1.29, 1.82) is 0 Å². The van der Waals surface area contributed by atoms with Crippen LogP contribution in [0.2, 0.25) is 0 Å². The molecule has 0 nitrogen and oxygen atoms in total. The van der Waals surface area contributed by atoms with Crippen molar-refractivity contribution in [2.45, 2.75) is 65.2 Å². The number of allylic oxidation sites excluding steroid dienone is 2. The highest BCUT2D eigenvalue weighted by atomic mass is 31.1. The molecule has 1 heteroatoms. The molecule has 15 heavy (non-hydrogen) atoms. The number of hydrogen-bond acceptors (Lipinski definition) is 0. The van der Waals surface area contributed by atoms with E-state index in [1.165, 1.54) is 72.3 Å². The van der Waals surface area contributed by atoms with E-state index >= 15 is 0 Å². The van der Waals surface area contributed by atoms with Crippen LogP contribution in [0.3, 0.4) is 0 Å². The van der Waals surface area contributed by atoms with Crippen molar-refractivity contribution < 1.29 is 0 Å². The zero-order valence-corrected chi connectivity index (χ0v) is 11.7. The van der Waals surface area contributed by atoms with Crippen LogP contribution in [0.1, 0.15) is 65.2 Å². The molecule has 0 amide bonds. The third kappa shape index (κ3) is 14.2. The molecule has 90 valence electrons. The van der Waals surface area contributed by atoms with Crippen LogP contribution < -0.4 is 0 Å². The standard InChI is InChI=1S/C14H29P/c1-3-5-7-8-9-10-12-14-15-13-11-6-4-2/h7-8,15H,3-6,9-14H2,1-2H3. The van der Waals surface area contributed by atoms with E-state index in [2.05, 4.69) is 26.0 Å². The molecule has 0 heterocycles. The molecule has 0 radical (unpaired) electrons. The highest BCUT2D eigenvalue weighted by molar-refractivity contribution is 7.37. The van der Waals surface area contributed by atoms with Crippen molar-refractivity contribution in [1.82, 2.24) is 0 Å². The van der Waals surface area contributed by atoms with E-state index in [-0.39, 0.29) is 0 Å². The molecule has 0 bridgehead atoms. The van der Waals surface area contributed by atoms with Crippen LogP contribution in [0.25, 0.3) is 0 Å². The van der Waals surface area contributed by atoms with Crippen LogP contribution in [-0.4, -0.2) is 12.3 Å². The van der Waals surface area contributed by atoms with Gasteiger partial charge < -0.3 is 0 Å². The van der Waals surface area contributed by atoms with Gasteiger partial charge in [-0.3, -0.25) is 0 Å². The molecule has 0 spiro atoms. The Balaban J connectivity index is 2.92. The fourth-order valence-electron chi connectivity index (χ4n) is 1.54. The second kappa shape index (κ2) is 14.2. The molecule has 0 aromatic rings. The second-order valence-electron chi connectivity index (χ2n) is 4.21. The maximum absolute atomic E-state index is 2.36. The van der Waals surface area contributed by atoms with Gasteiger partial charge in [0.2, 0.25) is 0 Å². The molecule has 0 fully saturated rings. The van der Waals surface area contributed by atoms with Gasteiger partial charge in [-0.2, -0.15) is 0 Å². The Labute approximate surface area is 98.7 Å². The summed E-state index contributed by atoms with van der Waals surface area (Å²) in [4.78, 5) is 0. The van der Waals surface area contributed by atoms with Crippen molar-refractivity contribution in [3.63, 3.8) is 0 Å². The molecule has 1 unspecified atom stereocenters. The molecule has 0 aliphatic rings. The maximum atomic E-state index is 2.36. The summed E-state index contributed by atoms with van der Waals surface area (Å²) < 4.78 is 0. The smallest absolute Gasteiger partial charge is 0.0351 e. The van der Waals surface area contributed by atoms with E-state index in [0.29, 0.717) is 0 Å². The van der Waals surface area contributed by atoms with Gasteiger partial charge in [-0.05, 0) is 44.4 Å². The van der Waals surface area contributed by atoms with Gasteiger partial charge in [-0.15, -0.1) is 8.58 Å². The Hall–Kier alpha value is 0.170. The summed E-state index contributed by atoms with van der Waals surface area (Å²) >= 11 is 0. The quantitative estimate of drug-likeness (QED) is 0.253. The summed E-state index contributed by atoms with van der Waals surface area (Å²) in [6.45, 7) is 4.52. The monoisotopic (exact) mass is 228 g/mol. The lowest BCUT2D eigenvalue weighted by Gasteiger charge is -2.00. The van der Waals surface area contributed by atoms with Gasteiger partial charge in [0, 0.05) is 0 Å². The zero-order valence-electron chi connectivity index (χ0n) is 10.7. The minimum Gasteiger partial charge on any atom is -0.122 e. The maximum Gasteiger partial charge on any atom is -0.0351 e. The summed E-state index contributed by atoms with van der Waals surface area (Å²) in [5.41, 5.74) is 0. The van der Waals surface area contributed by atoms with Gasteiger partial charge in [-0.25, -0.2) is 0 Å². The van der Waals surface area contributed by atoms with E-state index in [4.69, 9.17) is 0 Å². The molecule has 0 saturated carbocycles. The first-order valence-electron chi connectivity index (χ1n) is 6.77. The average molecular weight is 228 g/mol. The van der Waals surface area contributed by atoms with Crippen molar-refractivity contribution in [3.8, 4) is 0 Å². The third-order valence-corrected chi connectivity index (χ3v) is 3.97. The van der Waals surface area contributed by atoms with E-state index in [1.807, 2.05) is 0 Å². The third-order valence-electron chi connectivity index (χ3n) is 2.55. The van der Waals surface area contributed by atoms with Gasteiger partial charge in [0.1, 0.15) is 0 Å². The van der Waals surface area contributed by atoms with Gasteiger partial charge in [0.05, 0.1) is 0 Å². The Morgan fingerprint density at radius 3 is 2.07 bits per heavy atom. The minimum atomic E-state index is 1.23. The molecule has 0 rings (SSSR count). The minimum absolute atomic E-state index is 1.23. The van der Waals surface area contributed by atoms with Crippen molar-refractivity contribution >= 4 is 8.58 Å². The summed E-state index contributed by atoms with van der Waals surface area (Å²) in [5.74, 6) is 0. The first-order chi connectivity index (χ1) is 7.41. The number of rotatable bonds is 11. The van der Waals surface area contributed by atoms with E-state index in [1.54, 1.807) is 0 Å². The Morgan fingerprint density at radius 1 is 0.733 bits per heavy atom. The predicted molar refractivity (Wildman–Crippen MR) is 75.5 cm³/mol. The first-order valence-corrected chi connectivity index (χ1v) is 8.19. The van der Waals surface area contributed by atoms with Crippen LogP contribution in [0, 0.1) is 0 Å². The van der Waals surface area contributed by atoms with Crippen LogP contribution in [0.15, 0.2) is 12.2 Å². The Morgan fingerprint density at radius 2 is 1.40 bits per heavy atom. The van der Waals surface area contributed by atoms with Gasteiger partial charge in [-0.1, -0.05) is 45.3 Å². The average Bonchev–Trinajstić information content (AvgIpc) is 2.26. The van der Waals surface area contributed by atoms with Crippen LogP contribution in [-0.2, 0) is 0 Å². The second-order valence-corrected chi connectivity index (χ2v) is 5.71. The molecule has 1 atom stereocenters. The van der Waals surface area contributed by atoms with Crippen LogP contribution in [0.4, 0.5) is 0 Å². The normalized spacial score (nSPS) is 12.1. The van der Waals surface area contributed by atoms with Crippen LogP contribution >= 0.6 is 8.58 Å². The molecular weight excluding hydrogens is 199 g/mol. The SMILES string of the molecule is CCCC=CCCCCPCCCCC. The highest BCUT2D eigenvalue weighted by Crippen LogP contribution is 2.16. The summed E-state index contributed by atoms with van der Waals surface area (Å²) in [6.07, 6.45) is 18.6. The largest absolute Gasteiger partial charge is 0.122 e. The van der Waals surface area contributed by atoms with Gasteiger partial charge in [0.15, 0.2) is 0 Å². The van der Waals surface area contributed by atoms with Gasteiger partial charge in [0.25, 0.3) is 0 Å². The molecule has 0 aliphatic heterocycles. The van der Waals surface area contributed by atoms with Gasteiger partial charge >= 0.3 is 0 Å². The fourth-order valence-corrected chi connectivity index (χ4v) is 2.79. The fraction of sp³-hybridized carbons (Fsp3) is 0.857. The van der Waals surface area contributed by atoms with E-state index in [0.717, 1.165) is 0 Å². The highest BCUT2D eigenvalue weighted by Gasteiger charge is 1.89. The van der Waals surface area contributed by atoms with Crippen molar-refractivity contribution in [2.24, 2.45) is 0 Å². The lowest BCUT2D eigenvalue weighted by Crippen LogP contribution is -1.82. The molecular formula is C14H29P. The van der Waals surface area contributed by atoms with Crippen LogP contribution in [0.5, 0.6) is 0 Å². The molecule has 0 aliphatic carbocycles. The molecule has 0 aromatic heterocycles. The molecule has 0 aromatic carbocycles. The lowest BCUT2D eigenvalue weighted by atomic mass is 10.2. The first kappa shape index (κ1) is 15.2. The number of hydrogen-bond donors (Lipinski definition) is 0. The Kier molecular flexibility index (Phi) is 14.3.